The van der Waals surface area contributed by atoms with E-state index in [1.165, 1.54) is 7.11 Å². The molecular formula is C7H9NO2. The molecular weight excluding hydrogens is 130 g/mol. The Labute approximate surface area is 60.0 Å². The van der Waals surface area contributed by atoms with Crippen molar-refractivity contribution in [3.05, 3.63) is 0 Å². The zero-order valence-corrected chi connectivity index (χ0v) is 6.05. The lowest BCUT2D eigenvalue weighted by atomic mass is 10.6. The van der Waals surface area contributed by atoms with E-state index in [0.717, 1.165) is 6.54 Å². The van der Waals surface area contributed by atoms with Crippen molar-refractivity contribution in [1.82, 2.24) is 4.90 Å². The van der Waals surface area contributed by atoms with Crippen molar-refractivity contribution in [2.24, 2.45) is 0 Å². The van der Waals surface area contributed by atoms with Gasteiger partial charge in [-0.1, -0.05) is 0 Å². The maximum Gasteiger partial charge on any atom is 0.385 e. The predicted octanol–water partition coefficient (Wildman–Crippen LogP) is -0.176. The first-order valence-corrected chi connectivity index (χ1v) is 3.10. The molecule has 54 valence electrons. The summed E-state index contributed by atoms with van der Waals surface area (Å²) >= 11 is 0. The van der Waals surface area contributed by atoms with Crippen molar-refractivity contribution in [1.29, 1.82) is 0 Å². The molecule has 0 aromatic carbocycles. The van der Waals surface area contributed by atoms with Crippen molar-refractivity contribution in [3.63, 3.8) is 0 Å². The maximum absolute atomic E-state index is 10.4. The smallest absolute Gasteiger partial charge is 0.385 e. The van der Waals surface area contributed by atoms with Crippen LogP contribution >= 0.6 is 0 Å². The standard InChI is InChI=1S/C7H9NO2/c1-6-5-8(6)4-3-7(9)10-2/h6H,5H2,1-2H3. The highest BCUT2D eigenvalue weighted by atomic mass is 16.5. The summed E-state index contributed by atoms with van der Waals surface area (Å²) in [5.41, 5.74) is 0. The summed E-state index contributed by atoms with van der Waals surface area (Å²) < 4.78 is 4.32. The van der Waals surface area contributed by atoms with Crippen LogP contribution in [0.5, 0.6) is 0 Å². The van der Waals surface area contributed by atoms with E-state index in [9.17, 15) is 4.79 Å². The molecule has 10 heavy (non-hydrogen) atoms. The van der Waals surface area contributed by atoms with Gasteiger partial charge in [0.05, 0.1) is 13.2 Å². The number of hydrogen-bond donors (Lipinski definition) is 0. The summed E-state index contributed by atoms with van der Waals surface area (Å²) in [7, 11) is 1.32. The van der Waals surface area contributed by atoms with Crippen molar-refractivity contribution >= 4 is 5.97 Å². The number of hydrogen-bond acceptors (Lipinski definition) is 3. The summed E-state index contributed by atoms with van der Waals surface area (Å²) in [5, 5.41) is 0. The molecule has 0 spiro atoms. The molecule has 0 saturated carbocycles. The summed E-state index contributed by atoms with van der Waals surface area (Å²) in [4.78, 5) is 12.3. The normalized spacial score (nSPS) is 21.0. The van der Waals surface area contributed by atoms with Gasteiger partial charge in [-0.15, -0.1) is 0 Å². The first kappa shape index (κ1) is 6.94. The van der Waals surface area contributed by atoms with Gasteiger partial charge in [0, 0.05) is 18.5 Å². The van der Waals surface area contributed by atoms with Gasteiger partial charge in [-0.2, -0.15) is 0 Å². The van der Waals surface area contributed by atoms with Gasteiger partial charge in [0.2, 0.25) is 0 Å². The van der Waals surface area contributed by atoms with Crippen molar-refractivity contribution in [2.45, 2.75) is 13.0 Å². The lowest BCUT2D eigenvalue weighted by Crippen LogP contribution is -1.96. The Balaban J connectivity index is 2.32. The highest BCUT2D eigenvalue weighted by Gasteiger charge is 2.25. The van der Waals surface area contributed by atoms with Crippen LogP contribution < -0.4 is 0 Å². The van der Waals surface area contributed by atoms with E-state index >= 15 is 0 Å². The van der Waals surface area contributed by atoms with Gasteiger partial charge >= 0.3 is 5.97 Å². The molecule has 0 amide bonds. The lowest BCUT2D eigenvalue weighted by molar-refractivity contribution is -0.133. The van der Waals surface area contributed by atoms with Gasteiger partial charge in [-0.3, -0.25) is 0 Å². The molecule has 1 fully saturated rings. The van der Waals surface area contributed by atoms with E-state index in [1.54, 1.807) is 0 Å². The Morgan fingerprint density at radius 2 is 2.40 bits per heavy atom. The Kier molecular flexibility index (Phi) is 1.81. The molecule has 1 heterocycles. The molecule has 0 aromatic heterocycles. The number of carbonyl (C=O) groups is 1. The number of carbonyl (C=O) groups excluding carboxylic acids is 1. The highest BCUT2D eigenvalue weighted by molar-refractivity contribution is 5.88. The van der Waals surface area contributed by atoms with Crippen molar-refractivity contribution < 1.29 is 9.53 Å². The Hall–Kier alpha value is -1.17. The Bertz CT molecular complexity index is 201. The van der Waals surface area contributed by atoms with Crippen LogP contribution in [0.1, 0.15) is 6.92 Å². The van der Waals surface area contributed by atoms with Crippen LogP contribution in [0.2, 0.25) is 0 Å². The first-order valence-electron chi connectivity index (χ1n) is 3.10. The number of esters is 1. The third-order valence-electron chi connectivity index (χ3n) is 1.35. The van der Waals surface area contributed by atoms with Crippen LogP contribution in [0.4, 0.5) is 0 Å². The molecule has 1 aliphatic heterocycles. The quantitative estimate of drug-likeness (QED) is 0.265. The van der Waals surface area contributed by atoms with Gasteiger partial charge in [0.15, 0.2) is 0 Å². The van der Waals surface area contributed by atoms with E-state index in [1.807, 2.05) is 11.8 Å². The van der Waals surface area contributed by atoms with Crippen LogP contribution in [0, 0.1) is 12.0 Å². The molecule has 0 aliphatic carbocycles. The average Bonchev–Trinajstić information content (AvgIpc) is 2.61. The van der Waals surface area contributed by atoms with Gasteiger partial charge in [-0.05, 0) is 6.92 Å². The fraction of sp³-hybridized carbons (Fsp3) is 0.571. The molecule has 0 radical (unpaired) electrons. The van der Waals surface area contributed by atoms with E-state index < -0.39 is 5.97 Å². The second-order valence-electron chi connectivity index (χ2n) is 2.23. The van der Waals surface area contributed by atoms with Crippen molar-refractivity contribution in [2.75, 3.05) is 13.7 Å². The number of methoxy groups -OCH3 is 1. The van der Waals surface area contributed by atoms with Gasteiger partial charge in [-0.25, -0.2) is 4.79 Å². The molecule has 1 atom stereocenters. The molecule has 0 bridgehead atoms. The van der Waals surface area contributed by atoms with Crippen LogP contribution in [0.25, 0.3) is 0 Å². The number of rotatable bonds is 0. The number of nitrogens with zero attached hydrogens (tertiary/aromatic N) is 1. The SMILES string of the molecule is COC(=O)C#CN1CC1C. The van der Waals surface area contributed by atoms with Crippen molar-refractivity contribution in [3.8, 4) is 12.0 Å². The number of ether oxygens (including phenoxy) is 1. The minimum Gasteiger partial charge on any atom is -0.459 e. The Morgan fingerprint density at radius 3 is 2.80 bits per heavy atom. The second kappa shape index (κ2) is 2.61. The monoisotopic (exact) mass is 139 g/mol. The van der Waals surface area contributed by atoms with Crippen LogP contribution in [-0.2, 0) is 9.53 Å². The zero-order chi connectivity index (χ0) is 7.56. The molecule has 0 N–H and O–H groups in total. The summed E-state index contributed by atoms with van der Waals surface area (Å²) in [6, 6.07) is 3.18. The van der Waals surface area contributed by atoms with E-state index in [2.05, 4.69) is 16.7 Å². The molecule has 3 nitrogen and oxygen atoms in total. The summed E-state index contributed by atoms with van der Waals surface area (Å²) in [5.74, 6) is 1.87. The predicted molar refractivity (Wildman–Crippen MR) is 36.0 cm³/mol. The zero-order valence-electron chi connectivity index (χ0n) is 6.05. The summed E-state index contributed by atoms with van der Waals surface area (Å²) in [6.45, 7) is 3.01. The third-order valence-corrected chi connectivity index (χ3v) is 1.35. The van der Waals surface area contributed by atoms with Gasteiger partial charge in [0.25, 0.3) is 0 Å². The molecule has 1 saturated heterocycles. The highest BCUT2D eigenvalue weighted by Crippen LogP contribution is 2.12. The second-order valence-corrected chi connectivity index (χ2v) is 2.23. The average molecular weight is 139 g/mol. The Morgan fingerprint density at radius 1 is 1.80 bits per heavy atom. The van der Waals surface area contributed by atoms with Gasteiger partial charge in [0.1, 0.15) is 0 Å². The van der Waals surface area contributed by atoms with Gasteiger partial charge < -0.3 is 9.64 Å². The van der Waals surface area contributed by atoms with E-state index in [0.29, 0.717) is 6.04 Å². The van der Waals surface area contributed by atoms with Crippen LogP contribution in [0.15, 0.2) is 0 Å². The fourth-order valence-electron chi connectivity index (χ4n) is 0.562. The minimum atomic E-state index is -0.473. The maximum atomic E-state index is 10.4. The van der Waals surface area contributed by atoms with Crippen LogP contribution in [-0.4, -0.2) is 30.6 Å². The topological polar surface area (TPSA) is 29.3 Å². The molecule has 1 rings (SSSR count). The summed E-state index contributed by atoms with van der Waals surface area (Å²) in [6.07, 6.45) is 0. The largest absolute Gasteiger partial charge is 0.459 e. The van der Waals surface area contributed by atoms with Crippen LogP contribution in [0.3, 0.4) is 0 Å². The first-order chi connectivity index (χ1) is 4.74. The lowest BCUT2D eigenvalue weighted by Gasteiger charge is -1.86. The molecule has 3 heteroatoms. The molecule has 0 aromatic rings. The fourth-order valence-corrected chi connectivity index (χ4v) is 0.562. The van der Waals surface area contributed by atoms with E-state index in [4.69, 9.17) is 0 Å². The van der Waals surface area contributed by atoms with E-state index in [-0.39, 0.29) is 0 Å². The molecule has 1 unspecified atom stereocenters. The minimum absolute atomic E-state index is 0.473. The third kappa shape index (κ3) is 1.66. The molecule has 1 aliphatic rings.